The van der Waals surface area contributed by atoms with Gasteiger partial charge in [0.15, 0.2) is 11.5 Å². The minimum atomic E-state index is -0.0328. The minimum Gasteiger partial charge on any atom is -0.493 e. The van der Waals surface area contributed by atoms with Crippen LogP contribution in [0.4, 0.5) is 0 Å². The molecular formula is C17H25ClN2O3. The lowest BCUT2D eigenvalue weighted by Crippen LogP contribution is -2.52. The molecule has 1 aliphatic rings. The van der Waals surface area contributed by atoms with Gasteiger partial charge in [0.25, 0.3) is 5.91 Å². The second kappa shape index (κ2) is 7.88. The number of rotatable bonds is 5. The molecule has 128 valence electrons. The van der Waals surface area contributed by atoms with E-state index in [9.17, 15) is 4.79 Å². The third-order valence-electron chi connectivity index (χ3n) is 3.80. The largest absolute Gasteiger partial charge is 0.493 e. The number of carbonyl (C=O) groups is 1. The van der Waals surface area contributed by atoms with Gasteiger partial charge < -0.3 is 19.7 Å². The molecule has 1 amide bonds. The predicted molar refractivity (Wildman–Crippen MR) is 91.7 cm³/mol. The van der Waals surface area contributed by atoms with Gasteiger partial charge in [-0.15, -0.1) is 0 Å². The number of nitrogens with zero attached hydrogens (tertiary/aromatic N) is 1. The number of benzene rings is 1. The maximum atomic E-state index is 12.8. The molecule has 1 heterocycles. The normalized spacial score (nSPS) is 18.2. The lowest BCUT2D eigenvalue weighted by molar-refractivity contribution is 0.0655. The Morgan fingerprint density at radius 1 is 1.48 bits per heavy atom. The first-order chi connectivity index (χ1) is 10.9. The van der Waals surface area contributed by atoms with E-state index >= 15 is 0 Å². The fraction of sp³-hybridized carbons (Fsp3) is 0.588. The van der Waals surface area contributed by atoms with Gasteiger partial charge in [0.1, 0.15) is 0 Å². The van der Waals surface area contributed by atoms with Crippen LogP contribution in [0.3, 0.4) is 0 Å². The summed E-state index contributed by atoms with van der Waals surface area (Å²) >= 11 is 6.33. The lowest BCUT2D eigenvalue weighted by Gasteiger charge is -2.34. The summed E-state index contributed by atoms with van der Waals surface area (Å²) in [7, 11) is 1.55. The Hall–Kier alpha value is -1.46. The highest BCUT2D eigenvalue weighted by Crippen LogP contribution is 2.37. The molecule has 1 aromatic carbocycles. The number of hydrogen-bond donors (Lipinski definition) is 1. The zero-order chi connectivity index (χ0) is 17.0. The SMILES string of the molecule is COc1cc(C(=O)N2CCNC[C@H]2C)cc(Cl)c1OCC(C)C. The molecule has 1 aromatic rings. The van der Waals surface area contributed by atoms with Crippen molar-refractivity contribution in [3.63, 3.8) is 0 Å². The van der Waals surface area contributed by atoms with Crippen LogP contribution >= 0.6 is 11.6 Å². The molecule has 0 bridgehead atoms. The maximum absolute atomic E-state index is 12.8. The van der Waals surface area contributed by atoms with E-state index in [4.69, 9.17) is 21.1 Å². The molecular weight excluding hydrogens is 316 g/mol. The average molecular weight is 341 g/mol. The molecule has 0 spiro atoms. The van der Waals surface area contributed by atoms with Crippen LogP contribution in [0.2, 0.25) is 5.02 Å². The number of amides is 1. The number of methoxy groups -OCH3 is 1. The van der Waals surface area contributed by atoms with Crippen LogP contribution in [0.25, 0.3) is 0 Å². The number of piperazine rings is 1. The molecule has 1 saturated heterocycles. The fourth-order valence-corrected chi connectivity index (χ4v) is 2.81. The summed E-state index contributed by atoms with van der Waals surface area (Å²) < 4.78 is 11.1. The smallest absolute Gasteiger partial charge is 0.254 e. The zero-order valence-corrected chi connectivity index (χ0v) is 14.9. The lowest BCUT2D eigenvalue weighted by atomic mass is 10.1. The van der Waals surface area contributed by atoms with Crippen molar-refractivity contribution in [1.29, 1.82) is 0 Å². The van der Waals surface area contributed by atoms with E-state index in [2.05, 4.69) is 19.2 Å². The summed E-state index contributed by atoms with van der Waals surface area (Å²) in [6.07, 6.45) is 0. The zero-order valence-electron chi connectivity index (χ0n) is 14.2. The topological polar surface area (TPSA) is 50.8 Å². The second-order valence-electron chi connectivity index (χ2n) is 6.25. The molecule has 0 radical (unpaired) electrons. The standard InChI is InChI=1S/C17H25ClN2O3/c1-11(2)10-23-16-14(18)7-13(8-15(16)22-4)17(21)20-6-5-19-9-12(20)3/h7-8,11-12,19H,5-6,9-10H2,1-4H3/t12-/m1/s1. The van der Waals surface area contributed by atoms with Gasteiger partial charge in [-0.05, 0) is 25.0 Å². The second-order valence-corrected chi connectivity index (χ2v) is 6.65. The van der Waals surface area contributed by atoms with E-state index < -0.39 is 0 Å². The summed E-state index contributed by atoms with van der Waals surface area (Å²) in [4.78, 5) is 14.6. The summed E-state index contributed by atoms with van der Waals surface area (Å²) in [6.45, 7) is 8.98. The highest BCUT2D eigenvalue weighted by atomic mass is 35.5. The Morgan fingerprint density at radius 3 is 2.83 bits per heavy atom. The number of nitrogens with one attached hydrogen (secondary N) is 1. The summed E-state index contributed by atoms with van der Waals surface area (Å²) in [5, 5.41) is 3.68. The molecule has 0 aliphatic carbocycles. The van der Waals surface area contributed by atoms with E-state index in [1.807, 2.05) is 11.8 Å². The molecule has 1 aliphatic heterocycles. The summed E-state index contributed by atoms with van der Waals surface area (Å²) in [5.41, 5.74) is 0.525. The van der Waals surface area contributed by atoms with Crippen LogP contribution in [0.15, 0.2) is 12.1 Å². The molecule has 1 N–H and O–H groups in total. The molecule has 1 atom stereocenters. The minimum absolute atomic E-state index is 0.0328. The maximum Gasteiger partial charge on any atom is 0.254 e. The first-order valence-electron chi connectivity index (χ1n) is 7.96. The Bertz CT molecular complexity index is 563. The highest BCUT2D eigenvalue weighted by Gasteiger charge is 2.26. The van der Waals surface area contributed by atoms with Crippen LogP contribution in [0.5, 0.6) is 11.5 Å². The van der Waals surface area contributed by atoms with Crippen molar-refractivity contribution in [3.05, 3.63) is 22.7 Å². The highest BCUT2D eigenvalue weighted by molar-refractivity contribution is 6.32. The Balaban J connectivity index is 2.26. The summed E-state index contributed by atoms with van der Waals surface area (Å²) in [6, 6.07) is 3.52. The van der Waals surface area contributed by atoms with Crippen molar-refractivity contribution in [2.75, 3.05) is 33.4 Å². The van der Waals surface area contributed by atoms with E-state index in [1.165, 1.54) is 0 Å². The van der Waals surface area contributed by atoms with Crippen molar-refractivity contribution in [3.8, 4) is 11.5 Å². The van der Waals surface area contributed by atoms with E-state index in [1.54, 1.807) is 19.2 Å². The van der Waals surface area contributed by atoms with Gasteiger partial charge in [0, 0.05) is 31.2 Å². The predicted octanol–water partition coefficient (Wildman–Crippen LogP) is 2.82. The van der Waals surface area contributed by atoms with Crippen LogP contribution in [0, 0.1) is 5.92 Å². The van der Waals surface area contributed by atoms with Gasteiger partial charge in [-0.1, -0.05) is 25.4 Å². The van der Waals surface area contributed by atoms with E-state index in [-0.39, 0.29) is 11.9 Å². The monoisotopic (exact) mass is 340 g/mol. The molecule has 1 fully saturated rings. The quantitative estimate of drug-likeness (QED) is 0.895. The van der Waals surface area contributed by atoms with Crippen molar-refractivity contribution in [1.82, 2.24) is 10.2 Å². The average Bonchev–Trinajstić information content (AvgIpc) is 2.52. The number of hydrogen-bond acceptors (Lipinski definition) is 4. The Kier molecular flexibility index (Phi) is 6.13. The Morgan fingerprint density at radius 2 is 2.22 bits per heavy atom. The fourth-order valence-electron chi connectivity index (χ4n) is 2.54. The van der Waals surface area contributed by atoms with Crippen molar-refractivity contribution in [2.45, 2.75) is 26.8 Å². The third-order valence-corrected chi connectivity index (χ3v) is 4.08. The van der Waals surface area contributed by atoms with Crippen LogP contribution < -0.4 is 14.8 Å². The van der Waals surface area contributed by atoms with Gasteiger partial charge in [0.05, 0.1) is 18.7 Å². The molecule has 0 saturated carbocycles. The van der Waals surface area contributed by atoms with E-state index in [0.29, 0.717) is 41.2 Å². The van der Waals surface area contributed by atoms with Crippen molar-refractivity contribution in [2.24, 2.45) is 5.92 Å². The Labute approximate surface area is 142 Å². The number of ether oxygens (including phenoxy) is 2. The van der Waals surface area contributed by atoms with Gasteiger partial charge >= 0.3 is 0 Å². The first-order valence-corrected chi connectivity index (χ1v) is 8.33. The first kappa shape index (κ1) is 17.9. The van der Waals surface area contributed by atoms with Gasteiger partial charge in [-0.25, -0.2) is 0 Å². The molecule has 23 heavy (non-hydrogen) atoms. The number of carbonyl (C=O) groups excluding carboxylic acids is 1. The van der Waals surface area contributed by atoms with Crippen LogP contribution in [0.1, 0.15) is 31.1 Å². The van der Waals surface area contributed by atoms with Gasteiger partial charge in [0.2, 0.25) is 0 Å². The van der Waals surface area contributed by atoms with Gasteiger partial charge in [-0.2, -0.15) is 0 Å². The van der Waals surface area contributed by atoms with Crippen LogP contribution in [-0.4, -0.2) is 50.2 Å². The molecule has 2 rings (SSSR count). The molecule has 0 unspecified atom stereocenters. The molecule has 5 nitrogen and oxygen atoms in total. The molecule has 6 heteroatoms. The third kappa shape index (κ3) is 4.30. The van der Waals surface area contributed by atoms with E-state index in [0.717, 1.165) is 13.1 Å². The van der Waals surface area contributed by atoms with Gasteiger partial charge in [-0.3, -0.25) is 4.79 Å². The van der Waals surface area contributed by atoms with Crippen LogP contribution in [-0.2, 0) is 0 Å². The van der Waals surface area contributed by atoms with Crippen molar-refractivity contribution >= 4 is 17.5 Å². The summed E-state index contributed by atoms with van der Waals surface area (Å²) in [5.74, 6) is 1.32. The number of halogens is 1. The van der Waals surface area contributed by atoms with Crippen molar-refractivity contribution < 1.29 is 14.3 Å². The molecule has 0 aromatic heterocycles.